The van der Waals surface area contributed by atoms with Crippen LogP contribution < -0.4 is 39.8 Å². The van der Waals surface area contributed by atoms with Gasteiger partial charge in [-0.15, -0.1) is 0 Å². The summed E-state index contributed by atoms with van der Waals surface area (Å²) in [5, 5.41) is 11.7. The molecule has 0 fully saturated rings. The van der Waals surface area contributed by atoms with E-state index in [4.69, 9.17) is 36.3 Å². The highest BCUT2D eigenvalue weighted by Gasteiger charge is 2.34. The molecule has 0 saturated carbocycles. The number of likely N-dealkylation sites (N-methyl/N-ethyl adjacent to an activating group) is 2. The molecule has 3 N–H and O–H groups in total. The Morgan fingerprint density at radius 3 is 1.71 bits per heavy atom. The van der Waals surface area contributed by atoms with Gasteiger partial charge in [0.1, 0.15) is 36.1 Å². The van der Waals surface area contributed by atoms with Crippen molar-refractivity contribution in [3.05, 3.63) is 67.0 Å². The van der Waals surface area contributed by atoms with Gasteiger partial charge in [0, 0.05) is 63.8 Å². The number of fused-ring (bicyclic) bond motifs is 2. The molecule has 0 spiro atoms. The number of ether oxygens (including phenoxy) is 4. The van der Waals surface area contributed by atoms with E-state index in [0.29, 0.717) is 47.8 Å². The number of methoxy groups -OCH3 is 2. The Hall–Kier alpha value is -6.43. The quantitative estimate of drug-likeness (QED) is 0.184. The molecular formula is C39H51ClN14O4. The smallest absolute Gasteiger partial charge is 0.229 e. The lowest BCUT2D eigenvalue weighted by molar-refractivity contribution is 0.215. The van der Waals surface area contributed by atoms with Crippen molar-refractivity contribution < 1.29 is 18.9 Å². The van der Waals surface area contributed by atoms with E-state index in [1.807, 2.05) is 46.7 Å². The number of halogens is 1. The summed E-state index contributed by atoms with van der Waals surface area (Å²) in [6.07, 6.45) is 13.9. The molecule has 8 rings (SSSR count). The van der Waals surface area contributed by atoms with Gasteiger partial charge in [-0.2, -0.15) is 20.2 Å². The maximum atomic E-state index is 5.78. The summed E-state index contributed by atoms with van der Waals surface area (Å²) in [7, 11) is 10.9. The first kappa shape index (κ1) is 42.7. The summed E-state index contributed by atoms with van der Waals surface area (Å²) >= 11 is 5.73. The second-order valence-electron chi connectivity index (χ2n) is 14.6. The van der Waals surface area contributed by atoms with Crippen molar-refractivity contribution in [3.63, 3.8) is 0 Å². The van der Waals surface area contributed by atoms with Gasteiger partial charge in [-0.1, -0.05) is 7.43 Å². The Balaban J connectivity index is 0.000000180. The summed E-state index contributed by atoms with van der Waals surface area (Å²) < 4.78 is 25.5. The molecule has 0 unspecified atom stereocenters. The highest BCUT2D eigenvalue weighted by Crippen LogP contribution is 2.37. The van der Waals surface area contributed by atoms with Crippen LogP contribution in [-0.2, 0) is 14.1 Å². The van der Waals surface area contributed by atoms with E-state index in [1.165, 1.54) is 0 Å². The lowest BCUT2D eigenvalue weighted by Crippen LogP contribution is -2.49. The van der Waals surface area contributed by atoms with Crippen LogP contribution in [-0.4, -0.2) is 102 Å². The summed E-state index contributed by atoms with van der Waals surface area (Å²) in [5.74, 6) is 4.62. The van der Waals surface area contributed by atoms with Gasteiger partial charge < -0.3 is 39.8 Å². The molecule has 2 aliphatic rings. The normalized spacial score (nSPS) is 14.4. The molecular weight excluding hydrogens is 764 g/mol. The van der Waals surface area contributed by atoms with E-state index in [0.717, 1.165) is 39.8 Å². The molecule has 0 atom stereocenters. The number of anilines is 5. The average Bonchev–Trinajstić information content (AvgIpc) is 3.83. The van der Waals surface area contributed by atoms with Crippen molar-refractivity contribution in [3.8, 4) is 45.5 Å². The van der Waals surface area contributed by atoms with Crippen molar-refractivity contribution in [2.45, 2.75) is 46.2 Å². The van der Waals surface area contributed by atoms with Crippen LogP contribution in [0.5, 0.6) is 23.0 Å². The van der Waals surface area contributed by atoms with Gasteiger partial charge in [0.2, 0.25) is 11.2 Å². The van der Waals surface area contributed by atoms with Gasteiger partial charge in [0.05, 0.1) is 73.9 Å². The fourth-order valence-electron chi connectivity index (χ4n) is 5.66. The van der Waals surface area contributed by atoms with Crippen LogP contribution in [0.1, 0.15) is 35.1 Å². The molecule has 308 valence electrons. The van der Waals surface area contributed by atoms with Crippen LogP contribution in [0, 0.1) is 0 Å². The van der Waals surface area contributed by atoms with Gasteiger partial charge in [-0.25, -0.2) is 9.97 Å². The van der Waals surface area contributed by atoms with Crippen molar-refractivity contribution in [1.82, 2.24) is 49.5 Å². The molecule has 58 heavy (non-hydrogen) atoms. The molecule has 6 aromatic rings. The van der Waals surface area contributed by atoms with E-state index in [-0.39, 0.29) is 23.8 Å². The number of aromatic nitrogens is 10. The number of pyridine rings is 2. The minimum absolute atomic E-state index is 0. The Morgan fingerprint density at radius 2 is 1.19 bits per heavy atom. The van der Waals surface area contributed by atoms with Gasteiger partial charge in [0.25, 0.3) is 0 Å². The van der Waals surface area contributed by atoms with Crippen LogP contribution in [0.3, 0.4) is 0 Å². The lowest BCUT2D eigenvalue weighted by atomic mass is 10.0. The Bertz CT molecular complexity index is 2350. The molecule has 2 aliphatic heterocycles. The molecule has 8 heterocycles. The largest absolute Gasteiger partial charge is 0.494 e. The van der Waals surface area contributed by atoms with Crippen molar-refractivity contribution in [1.29, 1.82) is 0 Å². The van der Waals surface area contributed by atoms with E-state index in [1.54, 1.807) is 66.8 Å². The Morgan fingerprint density at radius 1 is 0.690 bits per heavy atom. The Kier molecular flexibility index (Phi) is 12.8. The van der Waals surface area contributed by atoms with Gasteiger partial charge in [-0.3, -0.25) is 19.3 Å². The fraction of sp³-hybridized carbons (Fsp3) is 0.385. The van der Waals surface area contributed by atoms with Gasteiger partial charge in [0.15, 0.2) is 23.1 Å². The zero-order chi connectivity index (χ0) is 41.1. The summed E-state index contributed by atoms with van der Waals surface area (Å²) in [4.78, 5) is 29.9. The molecule has 0 aliphatic carbocycles. The number of hydrogen-bond donors (Lipinski definition) is 2. The predicted molar refractivity (Wildman–Crippen MR) is 225 cm³/mol. The minimum Gasteiger partial charge on any atom is -0.494 e. The third-order valence-corrected chi connectivity index (χ3v) is 9.62. The summed E-state index contributed by atoms with van der Waals surface area (Å²) in [5.41, 5.74) is 9.99. The summed E-state index contributed by atoms with van der Waals surface area (Å²) in [6.45, 7) is 9.61. The third kappa shape index (κ3) is 9.39. The highest BCUT2D eigenvalue weighted by molar-refractivity contribution is 6.28. The fourth-order valence-corrected chi connectivity index (χ4v) is 5.79. The van der Waals surface area contributed by atoms with Gasteiger partial charge in [-0.05, 0) is 39.3 Å². The molecule has 0 amide bonds. The Labute approximate surface area is 343 Å². The number of hydrogen-bond acceptors (Lipinski definition) is 16. The van der Waals surface area contributed by atoms with Crippen LogP contribution in [0.25, 0.3) is 22.5 Å². The zero-order valence-corrected chi connectivity index (χ0v) is 34.4. The zero-order valence-electron chi connectivity index (χ0n) is 33.6. The first-order chi connectivity index (χ1) is 27.1. The molecule has 6 aromatic heterocycles. The SMILES string of the molecule is C.CN1c2nc(Cl)ncc2OCC1(C)C.COc1cc(N)cnc1-c1cnn(C)c1.COc1cc(Nc2ncc3c(n2)N(C)C(C)(C)CO3)cnc1-c1cnn(C)c1. The maximum absolute atomic E-state index is 5.78. The second kappa shape index (κ2) is 17.4. The topological polar surface area (TPSA) is 194 Å². The monoisotopic (exact) mass is 814 g/mol. The van der Waals surface area contributed by atoms with Gasteiger partial charge >= 0.3 is 0 Å². The van der Waals surface area contributed by atoms with Crippen LogP contribution in [0.4, 0.5) is 29.0 Å². The van der Waals surface area contributed by atoms with Crippen LogP contribution in [0.2, 0.25) is 5.28 Å². The summed E-state index contributed by atoms with van der Waals surface area (Å²) in [6, 6.07) is 3.61. The van der Waals surface area contributed by atoms with E-state index < -0.39 is 0 Å². The van der Waals surface area contributed by atoms with Crippen molar-refractivity contribution >= 4 is 40.6 Å². The van der Waals surface area contributed by atoms with Crippen molar-refractivity contribution in [2.24, 2.45) is 14.1 Å². The molecule has 0 aromatic carbocycles. The second-order valence-corrected chi connectivity index (χ2v) is 14.9. The molecule has 0 bridgehead atoms. The lowest BCUT2D eigenvalue weighted by Gasteiger charge is -2.40. The van der Waals surface area contributed by atoms with Crippen LogP contribution in [0.15, 0.2) is 61.7 Å². The third-order valence-electron chi connectivity index (χ3n) is 9.44. The highest BCUT2D eigenvalue weighted by atomic mass is 35.5. The van der Waals surface area contributed by atoms with E-state index in [2.05, 4.69) is 82.9 Å². The number of rotatable bonds is 6. The number of nitrogens with zero attached hydrogens (tertiary/aromatic N) is 12. The van der Waals surface area contributed by atoms with E-state index >= 15 is 0 Å². The van der Waals surface area contributed by atoms with Crippen LogP contribution >= 0.6 is 11.6 Å². The molecule has 0 radical (unpaired) electrons. The van der Waals surface area contributed by atoms with E-state index in [9.17, 15) is 0 Å². The average molecular weight is 815 g/mol. The molecule has 18 nitrogen and oxygen atoms in total. The maximum Gasteiger partial charge on any atom is 0.229 e. The standard InChI is InChI=1S/C19H23N7O2.C10H12N4O.C9H12ClN3O.CH4/c1-19(2)11-28-15-9-21-18(24-17(15)26(19)4)23-13-6-14(27-5)16(20-8-13)12-7-22-25(3)10-12;1-14-6-7(4-13-14)10-9(15-2)3-8(11)5-12-10;1-9(2)5-14-6-4-11-8(10)12-7(6)13(9)3;/h6-10H,11H2,1-5H3,(H,21,23,24);3-6H,11H2,1-2H3;4H,5H2,1-3H3;1H4. The first-order valence-corrected chi connectivity index (χ1v) is 18.2. The number of nitrogens with two attached hydrogens (primary N) is 1. The number of nitrogens with one attached hydrogen (secondary N) is 1. The minimum atomic E-state index is -0.144. The number of nitrogen functional groups attached to an aromatic ring is 1. The molecule has 0 saturated heterocycles. The number of aryl methyl sites for hydroxylation is 2. The molecule has 19 heteroatoms. The predicted octanol–water partition coefficient (Wildman–Crippen LogP) is 6.08. The first-order valence-electron chi connectivity index (χ1n) is 17.8. The van der Waals surface area contributed by atoms with Crippen molar-refractivity contribution in [2.75, 3.05) is 62.4 Å².